The maximum Gasteiger partial charge on any atom is 0.231 e. The van der Waals surface area contributed by atoms with Crippen molar-refractivity contribution in [3.05, 3.63) is 47.0 Å². The molecule has 1 fully saturated rings. The number of phenols is 1. The molecule has 0 aliphatic carbocycles. The van der Waals surface area contributed by atoms with Crippen molar-refractivity contribution >= 4 is 0 Å². The summed E-state index contributed by atoms with van der Waals surface area (Å²) in [7, 11) is 1.74. The molecular formula is C21H28N2O4+2. The van der Waals surface area contributed by atoms with Crippen molar-refractivity contribution in [2.24, 2.45) is 0 Å². The van der Waals surface area contributed by atoms with Crippen LogP contribution < -0.4 is 24.0 Å². The molecule has 0 unspecified atom stereocenters. The van der Waals surface area contributed by atoms with E-state index in [-0.39, 0.29) is 6.79 Å². The predicted molar refractivity (Wildman–Crippen MR) is 101 cm³/mol. The molecule has 0 radical (unpaired) electrons. The molecule has 0 spiro atoms. The van der Waals surface area contributed by atoms with Gasteiger partial charge in [-0.2, -0.15) is 0 Å². The van der Waals surface area contributed by atoms with Crippen molar-refractivity contribution < 1.29 is 29.1 Å². The van der Waals surface area contributed by atoms with E-state index >= 15 is 0 Å². The lowest BCUT2D eigenvalue weighted by molar-refractivity contribution is -1.02. The molecule has 2 aromatic rings. The average Bonchev–Trinajstić information content (AvgIpc) is 3.11. The van der Waals surface area contributed by atoms with Crippen LogP contribution in [-0.4, -0.2) is 45.2 Å². The summed E-state index contributed by atoms with van der Waals surface area (Å²) in [6.07, 6.45) is 0. The number of hydrogen-bond acceptors (Lipinski definition) is 4. The highest BCUT2D eigenvalue weighted by Crippen LogP contribution is 2.37. The summed E-state index contributed by atoms with van der Waals surface area (Å²) in [4.78, 5) is 3.07. The number of aromatic hydroxyl groups is 1. The van der Waals surface area contributed by atoms with Gasteiger partial charge in [0, 0.05) is 11.6 Å². The molecule has 144 valence electrons. The van der Waals surface area contributed by atoms with Gasteiger partial charge >= 0.3 is 0 Å². The van der Waals surface area contributed by atoms with Gasteiger partial charge in [-0.15, -0.1) is 0 Å². The highest BCUT2D eigenvalue weighted by atomic mass is 16.7. The Morgan fingerprint density at radius 2 is 1.56 bits per heavy atom. The highest BCUT2D eigenvalue weighted by Gasteiger charge is 2.26. The van der Waals surface area contributed by atoms with Crippen molar-refractivity contribution in [3.63, 3.8) is 0 Å². The fourth-order valence-corrected chi connectivity index (χ4v) is 4.01. The van der Waals surface area contributed by atoms with Crippen LogP contribution in [0.4, 0.5) is 0 Å². The zero-order valence-corrected chi connectivity index (χ0v) is 16.0. The minimum absolute atomic E-state index is 0.232. The van der Waals surface area contributed by atoms with Gasteiger partial charge in [0.1, 0.15) is 50.8 Å². The van der Waals surface area contributed by atoms with Crippen LogP contribution in [0.3, 0.4) is 0 Å². The van der Waals surface area contributed by atoms with Gasteiger partial charge in [0.15, 0.2) is 11.5 Å². The molecule has 2 aliphatic heterocycles. The van der Waals surface area contributed by atoms with Crippen molar-refractivity contribution in [2.75, 3.05) is 40.1 Å². The molecule has 0 aromatic heterocycles. The Morgan fingerprint density at radius 3 is 2.22 bits per heavy atom. The number of hydrogen-bond donors (Lipinski definition) is 3. The monoisotopic (exact) mass is 372 g/mol. The number of aryl methyl sites for hydroxylation is 1. The normalized spacial score (nSPS) is 21.3. The molecule has 0 saturated carbocycles. The molecule has 4 rings (SSSR count). The van der Waals surface area contributed by atoms with Crippen LogP contribution in [0.5, 0.6) is 23.0 Å². The van der Waals surface area contributed by atoms with E-state index in [4.69, 9.17) is 14.2 Å². The van der Waals surface area contributed by atoms with Gasteiger partial charge < -0.3 is 29.1 Å². The average molecular weight is 372 g/mol. The lowest BCUT2D eigenvalue weighted by atomic mass is 10.1. The summed E-state index contributed by atoms with van der Waals surface area (Å²) in [5.74, 6) is 2.64. The number of rotatable bonds is 5. The molecule has 2 aliphatic rings. The van der Waals surface area contributed by atoms with Crippen LogP contribution in [-0.2, 0) is 13.1 Å². The number of methoxy groups -OCH3 is 1. The fourth-order valence-electron chi connectivity index (χ4n) is 4.01. The highest BCUT2D eigenvalue weighted by molar-refractivity contribution is 5.50. The Morgan fingerprint density at radius 1 is 0.926 bits per heavy atom. The fraction of sp³-hybridized carbons (Fsp3) is 0.429. The van der Waals surface area contributed by atoms with Crippen molar-refractivity contribution in [3.8, 4) is 23.0 Å². The van der Waals surface area contributed by atoms with E-state index in [9.17, 15) is 5.11 Å². The molecule has 6 heteroatoms. The first-order valence-electron chi connectivity index (χ1n) is 9.54. The lowest BCUT2D eigenvalue weighted by Crippen LogP contribution is -3.27. The van der Waals surface area contributed by atoms with Crippen molar-refractivity contribution in [1.29, 1.82) is 0 Å². The number of nitrogens with one attached hydrogen (secondary N) is 2. The minimum Gasteiger partial charge on any atom is -0.507 e. The molecule has 0 bridgehead atoms. The topological polar surface area (TPSA) is 56.8 Å². The SMILES string of the molecule is COc1ccc(C)cc1C[NH+]1CC[NH+](Cc2cc3c(cc2O)OCO3)CC1. The van der Waals surface area contributed by atoms with Gasteiger partial charge in [-0.25, -0.2) is 0 Å². The summed E-state index contributed by atoms with van der Waals surface area (Å²) in [6, 6.07) is 9.98. The maximum atomic E-state index is 10.3. The molecule has 6 nitrogen and oxygen atoms in total. The molecule has 0 amide bonds. The van der Waals surface area contributed by atoms with E-state index in [1.165, 1.54) is 16.0 Å². The van der Waals surface area contributed by atoms with Crippen LogP contribution in [0.1, 0.15) is 16.7 Å². The van der Waals surface area contributed by atoms with E-state index in [2.05, 4.69) is 25.1 Å². The Bertz CT molecular complexity index is 816. The summed E-state index contributed by atoms with van der Waals surface area (Å²) < 4.78 is 16.3. The van der Waals surface area contributed by atoms with E-state index in [1.807, 2.05) is 6.07 Å². The molecule has 0 atom stereocenters. The third kappa shape index (κ3) is 3.96. The summed E-state index contributed by atoms with van der Waals surface area (Å²) in [6.45, 7) is 8.54. The third-order valence-electron chi connectivity index (χ3n) is 5.55. The van der Waals surface area contributed by atoms with Crippen LogP contribution in [0, 0.1) is 6.92 Å². The van der Waals surface area contributed by atoms with E-state index in [0.29, 0.717) is 11.5 Å². The van der Waals surface area contributed by atoms with Gasteiger partial charge in [0.05, 0.1) is 12.7 Å². The predicted octanol–water partition coefficient (Wildman–Crippen LogP) is -0.0785. The number of piperazine rings is 1. The summed E-state index contributed by atoms with van der Waals surface area (Å²) in [5, 5.41) is 10.3. The van der Waals surface area contributed by atoms with Crippen LogP contribution >= 0.6 is 0 Å². The Kier molecular flexibility index (Phi) is 5.09. The number of phenolic OH excluding ortho intramolecular Hbond substituents is 1. The lowest BCUT2D eigenvalue weighted by Gasteiger charge is -2.30. The number of fused-ring (bicyclic) bond motifs is 1. The van der Waals surface area contributed by atoms with E-state index in [0.717, 1.165) is 56.3 Å². The zero-order valence-electron chi connectivity index (χ0n) is 16.0. The quantitative estimate of drug-likeness (QED) is 0.687. The van der Waals surface area contributed by atoms with Gasteiger partial charge in [-0.1, -0.05) is 11.6 Å². The number of ether oxygens (including phenoxy) is 3. The van der Waals surface area contributed by atoms with Crippen LogP contribution in [0.15, 0.2) is 30.3 Å². The molecule has 1 saturated heterocycles. The van der Waals surface area contributed by atoms with Gasteiger partial charge in [-0.3, -0.25) is 0 Å². The smallest absolute Gasteiger partial charge is 0.231 e. The first-order valence-corrected chi connectivity index (χ1v) is 9.54. The molecule has 27 heavy (non-hydrogen) atoms. The second-order valence-electron chi connectivity index (χ2n) is 7.50. The Hall–Kier alpha value is -2.44. The van der Waals surface area contributed by atoms with Gasteiger partial charge in [0.2, 0.25) is 6.79 Å². The molecule has 2 aromatic carbocycles. The molecule has 2 heterocycles. The first-order chi connectivity index (χ1) is 13.1. The largest absolute Gasteiger partial charge is 0.507 e. The maximum absolute atomic E-state index is 10.3. The molecular weight excluding hydrogens is 344 g/mol. The molecule has 3 N–H and O–H groups in total. The first kappa shape index (κ1) is 17.9. The third-order valence-corrected chi connectivity index (χ3v) is 5.55. The van der Waals surface area contributed by atoms with Crippen LogP contribution in [0.2, 0.25) is 0 Å². The van der Waals surface area contributed by atoms with Crippen molar-refractivity contribution in [1.82, 2.24) is 0 Å². The summed E-state index contributed by atoms with van der Waals surface area (Å²) in [5.41, 5.74) is 3.48. The van der Waals surface area contributed by atoms with Crippen molar-refractivity contribution in [2.45, 2.75) is 20.0 Å². The Labute approximate surface area is 159 Å². The standard InChI is InChI=1S/C21H26N2O4/c1-15-3-4-19(25-2)17(9-15)13-23-7-5-22(6-8-23)12-16-10-20-21(11-18(16)24)27-14-26-20/h3-4,9-11,24H,5-8,12-14H2,1-2H3/p+2. The second kappa shape index (κ2) is 7.66. The minimum atomic E-state index is 0.232. The zero-order chi connectivity index (χ0) is 18.8. The van der Waals surface area contributed by atoms with Crippen LogP contribution in [0.25, 0.3) is 0 Å². The second-order valence-corrected chi connectivity index (χ2v) is 7.50. The van der Waals surface area contributed by atoms with E-state index in [1.54, 1.807) is 18.1 Å². The number of benzene rings is 2. The Balaban J connectivity index is 1.35. The van der Waals surface area contributed by atoms with E-state index < -0.39 is 0 Å². The summed E-state index contributed by atoms with van der Waals surface area (Å²) >= 11 is 0. The van der Waals surface area contributed by atoms with Gasteiger partial charge in [-0.05, 0) is 25.1 Å². The number of quaternary nitrogens is 2. The van der Waals surface area contributed by atoms with Gasteiger partial charge in [0.25, 0.3) is 0 Å².